The van der Waals surface area contributed by atoms with Gasteiger partial charge < -0.3 is 15.4 Å². The average Bonchev–Trinajstić information content (AvgIpc) is 2.73. The van der Waals surface area contributed by atoms with Gasteiger partial charge in [0.25, 0.3) is 0 Å². The minimum absolute atomic E-state index is 0.135. The lowest BCUT2D eigenvalue weighted by molar-refractivity contribution is -0.119. The van der Waals surface area contributed by atoms with Crippen LogP contribution in [0.2, 0.25) is 0 Å². The van der Waals surface area contributed by atoms with Gasteiger partial charge in [0.15, 0.2) is 0 Å². The Morgan fingerprint density at radius 2 is 1.61 bits per heavy atom. The first-order chi connectivity index (χ1) is 14.9. The molecular formula is C24H32N4O3. The number of rotatable bonds is 8. The number of benzene rings is 2. The first kappa shape index (κ1) is 22.9. The zero-order valence-electron chi connectivity index (χ0n) is 18.6. The maximum absolute atomic E-state index is 12.4. The number of morpholine rings is 1. The van der Waals surface area contributed by atoms with Gasteiger partial charge in [0.1, 0.15) is 0 Å². The fourth-order valence-electron chi connectivity index (χ4n) is 3.53. The van der Waals surface area contributed by atoms with Crippen LogP contribution in [-0.2, 0) is 20.9 Å². The molecule has 2 aromatic rings. The van der Waals surface area contributed by atoms with E-state index in [2.05, 4.69) is 15.5 Å². The maximum atomic E-state index is 12.4. The summed E-state index contributed by atoms with van der Waals surface area (Å²) in [5.74, 6) is -0.292. The molecule has 0 saturated carbocycles. The molecule has 31 heavy (non-hydrogen) atoms. The van der Waals surface area contributed by atoms with Gasteiger partial charge in [0.2, 0.25) is 11.8 Å². The number of carbonyl (C=O) groups is 2. The van der Waals surface area contributed by atoms with Crippen LogP contribution in [0.15, 0.2) is 42.5 Å². The van der Waals surface area contributed by atoms with Gasteiger partial charge in [-0.15, -0.1) is 0 Å². The third-order valence-electron chi connectivity index (χ3n) is 5.45. The molecule has 3 rings (SSSR count). The lowest BCUT2D eigenvalue weighted by Gasteiger charge is -2.26. The van der Waals surface area contributed by atoms with E-state index in [-0.39, 0.29) is 24.9 Å². The van der Waals surface area contributed by atoms with Crippen molar-refractivity contribution in [1.29, 1.82) is 0 Å². The van der Waals surface area contributed by atoms with Crippen molar-refractivity contribution in [3.8, 4) is 0 Å². The molecule has 2 amide bonds. The highest BCUT2D eigenvalue weighted by molar-refractivity contribution is 5.95. The zero-order chi connectivity index (χ0) is 22.2. The van der Waals surface area contributed by atoms with Crippen molar-refractivity contribution in [2.75, 3.05) is 57.1 Å². The highest BCUT2D eigenvalue weighted by Gasteiger charge is 2.13. The molecule has 7 nitrogen and oxygen atoms in total. The van der Waals surface area contributed by atoms with Crippen LogP contribution in [-0.4, -0.2) is 68.1 Å². The Bertz CT molecular complexity index is 892. The molecule has 2 aromatic carbocycles. The van der Waals surface area contributed by atoms with E-state index in [0.717, 1.165) is 55.3 Å². The fourth-order valence-corrected chi connectivity index (χ4v) is 3.53. The van der Waals surface area contributed by atoms with Crippen molar-refractivity contribution in [3.63, 3.8) is 0 Å². The molecule has 0 atom stereocenters. The summed E-state index contributed by atoms with van der Waals surface area (Å²) in [6.45, 7) is 8.61. The van der Waals surface area contributed by atoms with E-state index in [1.807, 2.05) is 56.3 Å². The van der Waals surface area contributed by atoms with Crippen molar-refractivity contribution >= 4 is 23.2 Å². The standard InChI is InChI=1S/C24H32N4O3/c1-18-5-4-6-22(19(18)2)26-24(30)17-27(3)16-23(29)25-21-9-7-20(8-10-21)15-28-11-13-31-14-12-28/h4-10H,11-17H2,1-3H3,(H,25,29)(H,26,30). The second-order valence-electron chi connectivity index (χ2n) is 8.10. The Morgan fingerprint density at radius 3 is 2.29 bits per heavy atom. The SMILES string of the molecule is Cc1cccc(NC(=O)CN(C)CC(=O)Nc2ccc(CN3CCOCC3)cc2)c1C. The van der Waals surface area contributed by atoms with Crippen molar-refractivity contribution in [2.24, 2.45) is 0 Å². The van der Waals surface area contributed by atoms with Crippen LogP contribution in [0.1, 0.15) is 16.7 Å². The van der Waals surface area contributed by atoms with Gasteiger partial charge in [0.05, 0.1) is 26.3 Å². The Hall–Kier alpha value is -2.74. The molecule has 7 heteroatoms. The molecule has 1 fully saturated rings. The Balaban J connectivity index is 1.43. The van der Waals surface area contributed by atoms with Gasteiger partial charge in [-0.2, -0.15) is 0 Å². The quantitative estimate of drug-likeness (QED) is 0.682. The van der Waals surface area contributed by atoms with Crippen molar-refractivity contribution in [2.45, 2.75) is 20.4 Å². The van der Waals surface area contributed by atoms with E-state index in [4.69, 9.17) is 4.74 Å². The molecule has 1 heterocycles. The first-order valence-electron chi connectivity index (χ1n) is 10.6. The van der Waals surface area contributed by atoms with Gasteiger partial charge in [-0.3, -0.25) is 19.4 Å². The summed E-state index contributed by atoms with van der Waals surface area (Å²) in [5, 5.41) is 5.82. The van der Waals surface area contributed by atoms with Crippen LogP contribution in [0.5, 0.6) is 0 Å². The third-order valence-corrected chi connectivity index (χ3v) is 5.45. The number of nitrogens with one attached hydrogen (secondary N) is 2. The van der Waals surface area contributed by atoms with Crippen molar-refractivity contribution in [3.05, 3.63) is 59.2 Å². The smallest absolute Gasteiger partial charge is 0.238 e. The van der Waals surface area contributed by atoms with E-state index in [1.54, 1.807) is 11.9 Å². The number of nitrogens with zero attached hydrogens (tertiary/aromatic N) is 2. The summed E-state index contributed by atoms with van der Waals surface area (Å²) in [5.41, 5.74) is 4.94. The van der Waals surface area contributed by atoms with Crippen LogP contribution in [0, 0.1) is 13.8 Å². The van der Waals surface area contributed by atoms with Gasteiger partial charge >= 0.3 is 0 Å². The number of amides is 2. The highest BCUT2D eigenvalue weighted by Crippen LogP contribution is 2.18. The predicted molar refractivity (Wildman–Crippen MR) is 123 cm³/mol. The van der Waals surface area contributed by atoms with Gasteiger partial charge in [-0.25, -0.2) is 0 Å². The van der Waals surface area contributed by atoms with E-state index in [0.29, 0.717) is 0 Å². The number of ether oxygens (including phenoxy) is 1. The van der Waals surface area contributed by atoms with Crippen LogP contribution in [0.4, 0.5) is 11.4 Å². The molecule has 2 N–H and O–H groups in total. The lowest BCUT2D eigenvalue weighted by atomic mass is 10.1. The van der Waals surface area contributed by atoms with Crippen LogP contribution < -0.4 is 10.6 Å². The number of aryl methyl sites for hydroxylation is 1. The number of hydrogen-bond acceptors (Lipinski definition) is 5. The molecule has 0 bridgehead atoms. The maximum Gasteiger partial charge on any atom is 0.238 e. The van der Waals surface area contributed by atoms with E-state index >= 15 is 0 Å². The molecule has 0 aromatic heterocycles. The summed E-state index contributed by atoms with van der Waals surface area (Å²) in [6, 6.07) is 13.7. The van der Waals surface area contributed by atoms with Crippen LogP contribution in [0.3, 0.4) is 0 Å². The predicted octanol–water partition coefficient (Wildman–Crippen LogP) is 2.64. The fraction of sp³-hybridized carbons (Fsp3) is 0.417. The summed E-state index contributed by atoms with van der Waals surface area (Å²) in [6.07, 6.45) is 0. The minimum atomic E-state index is -0.150. The molecule has 166 valence electrons. The average molecular weight is 425 g/mol. The lowest BCUT2D eigenvalue weighted by Crippen LogP contribution is -2.36. The first-order valence-corrected chi connectivity index (χ1v) is 10.6. The largest absolute Gasteiger partial charge is 0.379 e. The molecule has 0 radical (unpaired) electrons. The molecule has 1 aliphatic heterocycles. The number of carbonyl (C=O) groups excluding carboxylic acids is 2. The molecule has 0 unspecified atom stereocenters. The summed E-state index contributed by atoms with van der Waals surface area (Å²) in [4.78, 5) is 28.7. The monoisotopic (exact) mass is 424 g/mol. The summed E-state index contributed by atoms with van der Waals surface area (Å²) in [7, 11) is 1.76. The minimum Gasteiger partial charge on any atom is -0.379 e. The normalized spacial score (nSPS) is 14.5. The number of hydrogen-bond donors (Lipinski definition) is 2. The Labute approximate surface area is 184 Å². The number of anilines is 2. The highest BCUT2D eigenvalue weighted by atomic mass is 16.5. The number of likely N-dealkylation sites (N-methyl/N-ethyl adjacent to an activating group) is 1. The topological polar surface area (TPSA) is 73.9 Å². The second-order valence-corrected chi connectivity index (χ2v) is 8.10. The van der Waals surface area contributed by atoms with E-state index in [9.17, 15) is 9.59 Å². The summed E-state index contributed by atoms with van der Waals surface area (Å²) >= 11 is 0. The van der Waals surface area contributed by atoms with Gasteiger partial charge in [-0.05, 0) is 55.8 Å². The molecule has 1 saturated heterocycles. The molecule has 0 aliphatic carbocycles. The molecule has 1 aliphatic rings. The van der Waals surface area contributed by atoms with Gasteiger partial charge in [-0.1, -0.05) is 24.3 Å². The van der Waals surface area contributed by atoms with Gasteiger partial charge in [0, 0.05) is 31.0 Å². The van der Waals surface area contributed by atoms with Crippen LogP contribution in [0.25, 0.3) is 0 Å². The molecular weight excluding hydrogens is 392 g/mol. The third kappa shape index (κ3) is 7.17. The van der Waals surface area contributed by atoms with Crippen molar-refractivity contribution < 1.29 is 14.3 Å². The summed E-state index contributed by atoms with van der Waals surface area (Å²) < 4.78 is 5.38. The van der Waals surface area contributed by atoms with E-state index in [1.165, 1.54) is 5.56 Å². The van der Waals surface area contributed by atoms with E-state index < -0.39 is 0 Å². The Morgan fingerprint density at radius 1 is 0.968 bits per heavy atom. The zero-order valence-corrected chi connectivity index (χ0v) is 18.6. The molecule has 0 spiro atoms. The second kappa shape index (κ2) is 11.0. The van der Waals surface area contributed by atoms with Crippen LogP contribution >= 0.6 is 0 Å². The van der Waals surface area contributed by atoms with Crippen molar-refractivity contribution in [1.82, 2.24) is 9.80 Å². The Kier molecular flexibility index (Phi) is 8.17.